The van der Waals surface area contributed by atoms with Crippen LogP contribution in [-0.4, -0.2) is 50.2 Å². The van der Waals surface area contributed by atoms with Crippen LogP contribution in [-0.2, 0) is 27.9 Å². The van der Waals surface area contributed by atoms with Gasteiger partial charge in [-0.05, 0) is 67.2 Å². The molecule has 1 aliphatic heterocycles. The third-order valence-electron chi connectivity index (χ3n) is 5.65. The van der Waals surface area contributed by atoms with Gasteiger partial charge in [-0.1, -0.05) is 42.8 Å². The topological polar surface area (TPSA) is 69.7 Å². The zero-order chi connectivity index (χ0) is 22.4. The summed E-state index contributed by atoms with van der Waals surface area (Å²) in [4.78, 5) is 14.9. The lowest BCUT2D eigenvalue weighted by Gasteiger charge is -2.30. The van der Waals surface area contributed by atoms with E-state index in [0.717, 1.165) is 35.4 Å². The Bertz CT molecular complexity index is 987. The van der Waals surface area contributed by atoms with Crippen LogP contribution >= 0.6 is 11.6 Å². The molecule has 0 aliphatic carbocycles. The molecule has 3 rings (SSSR count). The number of halogens is 1. The van der Waals surface area contributed by atoms with Crippen LogP contribution in [0.1, 0.15) is 30.9 Å². The first-order chi connectivity index (χ1) is 14.7. The summed E-state index contributed by atoms with van der Waals surface area (Å²) in [6.45, 7) is 5.57. The molecule has 1 amide bonds. The van der Waals surface area contributed by atoms with Gasteiger partial charge in [0, 0.05) is 25.2 Å². The molecule has 168 valence electrons. The summed E-state index contributed by atoms with van der Waals surface area (Å²) < 4.78 is 26.3. The number of nitrogens with one attached hydrogen (secondary N) is 1. The normalized spacial score (nSPS) is 15.9. The molecular formula is C23H30ClN3O3S. The van der Waals surface area contributed by atoms with E-state index in [0.29, 0.717) is 11.6 Å². The summed E-state index contributed by atoms with van der Waals surface area (Å²) in [7, 11) is -2.36. The van der Waals surface area contributed by atoms with Gasteiger partial charge in [0.25, 0.3) is 0 Å². The smallest absolute Gasteiger partial charge is 0.243 e. The van der Waals surface area contributed by atoms with Gasteiger partial charge in [0.15, 0.2) is 0 Å². The number of likely N-dealkylation sites (tertiary alicyclic amines) is 1. The van der Waals surface area contributed by atoms with Gasteiger partial charge in [-0.15, -0.1) is 0 Å². The number of hydrogen-bond donors (Lipinski definition) is 1. The van der Waals surface area contributed by atoms with Crippen molar-refractivity contribution in [3.05, 3.63) is 64.7 Å². The van der Waals surface area contributed by atoms with E-state index in [4.69, 9.17) is 11.6 Å². The highest BCUT2D eigenvalue weighted by atomic mass is 35.5. The lowest BCUT2D eigenvalue weighted by molar-refractivity contribution is -0.121. The van der Waals surface area contributed by atoms with Crippen molar-refractivity contribution < 1.29 is 13.2 Å². The molecule has 1 fully saturated rings. The molecule has 0 saturated carbocycles. The number of likely N-dealkylation sites (N-methyl/N-ethyl adjacent to an activating group) is 1. The van der Waals surface area contributed by atoms with Crippen molar-refractivity contribution in [1.82, 2.24) is 14.5 Å². The van der Waals surface area contributed by atoms with E-state index in [1.54, 1.807) is 0 Å². The fourth-order valence-corrected chi connectivity index (χ4v) is 4.90. The summed E-state index contributed by atoms with van der Waals surface area (Å²) in [6, 6.07) is 14.1. The van der Waals surface area contributed by atoms with E-state index in [-0.39, 0.29) is 17.3 Å². The van der Waals surface area contributed by atoms with Crippen LogP contribution in [0.2, 0.25) is 5.02 Å². The third kappa shape index (κ3) is 6.77. The van der Waals surface area contributed by atoms with Crippen molar-refractivity contribution in [2.24, 2.45) is 5.92 Å². The molecule has 2 aromatic carbocycles. The third-order valence-corrected chi connectivity index (χ3v) is 7.72. The van der Waals surface area contributed by atoms with Crippen molar-refractivity contribution in [2.75, 3.05) is 26.7 Å². The predicted octanol–water partition coefficient (Wildman–Crippen LogP) is 3.51. The van der Waals surface area contributed by atoms with E-state index < -0.39 is 10.0 Å². The van der Waals surface area contributed by atoms with Gasteiger partial charge < -0.3 is 5.32 Å². The van der Waals surface area contributed by atoms with Gasteiger partial charge in [-0.25, -0.2) is 8.42 Å². The Labute approximate surface area is 190 Å². The monoisotopic (exact) mass is 463 g/mol. The van der Waals surface area contributed by atoms with Gasteiger partial charge in [0.1, 0.15) is 0 Å². The molecule has 1 heterocycles. The molecule has 0 radical (unpaired) electrons. The Kier molecular flexibility index (Phi) is 8.11. The van der Waals surface area contributed by atoms with Crippen molar-refractivity contribution >= 4 is 27.5 Å². The minimum absolute atomic E-state index is 0.104. The highest BCUT2D eigenvalue weighted by Crippen LogP contribution is 2.19. The average molecular weight is 464 g/mol. The lowest BCUT2D eigenvalue weighted by atomic mass is 9.98. The minimum Gasteiger partial charge on any atom is -0.351 e. The van der Waals surface area contributed by atoms with Gasteiger partial charge in [0.05, 0.1) is 11.4 Å². The molecule has 0 aromatic heterocycles. The number of rotatable bonds is 8. The van der Waals surface area contributed by atoms with E-state index in [2.05, 4.69) is 29.3 Å². The summed E-state index contributed by atoms with van der Waals surface area (Å²) in [5.74, 6) is 0.454. The Morgan fingerprint density at radius 3 is 2.45 bits per heavy atom. The van der Waals surface area contributed by atoms with Gasteiger partial charge >= 0.3 is 0 Å². The van der Waals surface area contributed by atoms with E-state index in [9.17, 15) is 13.2 Å². The van der Waals surface area contributed by atoms with Crippen LogP contribution in [0.25, 0.3) is 0 Å². The van der Waals surface area contributed by atoms with Gasteiger partial charge in [-0.2, -0.15) is 4.31 Å². The van der Waals surface area contributed by atoms with Crippen molar-refractivity contribution in [3.8, 4) is 0 Å². The van der Waals surface area contributed by atoms with E-state index >= 15 is 0 Å². The number of benzene rings is 2. The first-order valence-electron chi connectivity index (χ1n) is 10.5. The number of carbonyl (C=O) groups excluding carboxylic acids is 1. The largest absolute Gasteiger partial charge is 0.351 e. The molecule has 2 aromatic rings. The van der Waals surface area contributed by atoms with Crippen LogP contribution in [0, 0.1) is 5.92 Å². The molecule has 31 heavy (non-hydrogen) atoms. The molecule has 1 saturated heterocycles. The minimum atomic E-state index is -3.75. The van der Waals surface area contributed by atoms with Crippen LogP contribution in [0.4, 0.5) is 0 Å². The fourth-order valence-electron chi connectivity index (χ4n) is 3.65. The van der Waals surface area contributed by atoms with Crippen LogP contribution in [0.5, 0.6) is 0 Å². The molecule has 6 nitrogen and oxygen atoms in total. The molecule has 0 unspecified atom stereocenters. The zero-order valence-corrected chi connectivity index (χ0v) is 19.6. The van der Waals surface area contributed by atoms with Crippen molar-refractivity contribution in [1.29, 1.82) is 0 Å². The second-order valence-corrected chi connectivity index (χ2v) is 10.8. The number of nitrogens with zero attached hydrogens (tertiary/aromatic N) is 2. The summed E-state index contributed by atoms with van der Waals surface area (Å²) >= 11 is 5.82. The van der Waals surface area contributed by atoms with Crippen LogP contribution < -0.4 is 5.32 Å². The molecule has 0 bridgehead atoms. The van der Waals surface area contributed by atoms with Crippen LogP contribution in [0.15, 0.2) is 53.4 Å². The fraction of sp³-hybridized carbons (Fsp3) is 0.435. The Morgan fingerprint density at radius 2 is 1.77 bits per heavy atom. The SMILES string of the molecule is CC1CCN(Cc2cccc(CNC(=O)CN(C)S(=O)(=O)c3ccc(Cl)cc3)c2)CC1. The standard InChI is InChI=1S/C23H30ClN3O3S/c1-18-10-12-27(13-11-18)16-20-5-3-4-19(14-20)15-25-23(28)17-26(2)31(29,30)22-8-6-21(24)7-9-22/h3-9,14,18H,10-13,15-17H2,1-2H3,(H,25,28). The average Bonchev–Trinajstić information content (AvgIpc) is 2.74. The predicted molar refractivity (Wildman–Crippen MR) is 123 cm³/mol. The van der Waals surface area contributed by atoms with E-state index in [1.807, 2.05) is 12.1 Å². The highest BCUT2D eigenvalue weighted by Gasteiger charge is 2.23. The highest BCUT2D eigenvalue weighted by molar-refractivity contribution is 7.89. The van der Waals surface area contributed by atoms with Crippen molar-refractivity contribution in [2.45, 2.75) is 37.8 Å². The second kappa shape index (κ2) is 10.6. The number of amides is 1. The maximum atomic E-state index is 12.6. The Morgan fingerprint density at radius 1 is 1.13 bits per heavy atom. The maximum absolute atomic E-state index is 12.6. The second-order valence-electron chi connectivity index (χ2n) is 8.27. The van der Waals surface area contributed by atoms with Gasteiger partial charge in [0.2, 0.25) is 15.9 Å². The summed E-state index contributed by atoms with van der Waals surface area (Å²) in [5, 5.41) is 3.27. The summed E-state index contributed by atoms with van der Waals surface area (Å²) in [5.41, 5.74) is 2.23. The molecular weight excluding hydrogens is 434 g/mol. The first kappa shape index (κ1) is 23.7. The first-order valence-corrected chi connectivity index (χ1v) is 12.3. The maximum Gasteiger partial charge on any atom is 0.243 e. The number of hydrogen-bond acceptors (Lipinski definition) is 4. The zero-order valence-electron chi connectivity index (χ0n) is 18.1. The molecule has 0 atom stereocenters. The number of carbonyl (C=O) groups is 1. The number of piperidine rings is 1. The summed E-state index contributed by atoms with van der Waals surface area (Å²) in [6.07, 6.45) is 2.48. The molecule has 8 heteroatoms. The molecule has 1 aliphatic rings. The Hall–Kier alpha value is -1.93. The van der Waals surface area contributed by atoms with Crippen LogP contribution in [0.3, 0.4) is 0 Å². The van der Waals surface area contributed by atoms with Gasteiger partial charge in [-0.3, -0.25) is 9.69 Å². The molecule has 1 N–H and O–H groups in total. The quantitative estimate of drug-likeness (QED) is 0.650. The Balaban J connectivity index is 1.51. The van der Waals surface area contributed by atoms with E-state index in [1.165, 1.54) is 49.7 Å². The lowest BCUT2D eigenvalue weighted by Crippen LogP contribution is -2.38. The number of sulfonamides is 1. The molecule has 0 spiro atoms. The van der Waals surface area contributed by atoms with Crippen molar-refractivity contribution in [3.63, 3.8) is 0 Å².